The van der Waals surface area contributed by atoms with Crippen molar-refractivity contribution in [3.63, 3.8) is 0 Å². The van der Waals surface area contributed by atoms with Crippen molar-refractivity contribution in [3.05, 3.63) is 40.2 Å². The minimum Gasteiger partial charge on any atom is -0.377 e. The second-order valence-electron chi connectivity index (χ2n) is 4.45. The van der Waals surface area contributed by atoms with E-state index < -0.39 is 33.0 Å². The van der Waals surface area contributed by atoms with E-state index in [1.54, 1.807) is 0 Å². The van der Waals surface area contributed by atoms with E-state index in [0.717, 1.165) is 30.7 Å². The standard InChI is InChI=1S/C12H10F3NO4S/c1-16-6-10(20-21(2,18)19)11(17)8-4-3-7(5-9(8)16)12(13,14)15/h3-6H,1-2H3. The highest BCUT2D eigenvalue weighted by atomic mass is 32.2. The van der Waals surface area contributed by atoms with Gasteiger partial charge in [-0.25, -0.2) is 0 Å². The van der Waals surface area contributed by atoms with Gasteiger partial charge in [-0.05, 0) is 18.2 Å². The molecule has 9 heteroatoms. The van der Waals surface area contributed by atoms with Gasteiger partial charge in [0.25, 0.3) is 0 Å². The molecule has 0 unspecified atom stereocenters. The normalized spacial score (nSPS) is 12.6. The third-order valence-electron chi connectivity index (χ3n) is 2.73. The van der Waals surface area contributed by atoms with E-state index in [1.807, 2.05) is 0 Å². The second kappa shape index (κ2) is 4.76. The van der Waals surface area contributed by atoms with E-state index in [4.69, 9.17) is 0 Å². The van der Waals surface area contributed by atoms with Crippen molar-refractivity contribution in [1.82, 2.24) is 4.57 Å². The van der Waals surface area contributed by atoms with Crippen LogP contribution in [-0.2, 0) is 23.3 Å². The van der Waals surface area contributed by atoms with Crippen LogP contribution in [0.15, 0.2) is 29.2 Å². The highest BCUT2D eigenvalue weighted by Crippen LogP contribution is 2.31. The maximum Gasteiger partial charge on any atom is 0.416 e. The Labute approximate surface area is 117 Å². The van der Waals surface area contributed by atoms with Gasteiger partial charge in [-0.1, -0.05) is 0 Å². The van der Waals surface area contributed by atoms with Crippen LogP contribution in [0.3, 0.4) is 0 Å². The fourth-order valence-electron chi connectivity index (χ4n) is 1.85. The van der Waals surface area contributed by atoms with Crippen LogP contribution in [0.1, 0.15) is 5.56 Å². The molecule has 0 aliphatic rings. The van der Waals surface area contributed by atoms with Crippen LogP contribution in [0.5, 0.6) is 5.75 Å². The van der Waals surface area contributed by atoms with Gasteiger partial charge < -0.3 is 8.75 Å². The zero-order chi connectivity index (χ0) is 16.0. The molecule has 0 saturated heterocycles. The molecular weight excluding hydrogens is 311 g/mol. The molecule has 1 aromatic carbocycles. The molecule has 0 spiro atoms. The van der Waals surface area contributed by atoms with Crippen molar-refractivity contribution in [2.45, 2.75) is 6.18 Å². The molecule has 114 valence electrons. The minimum absolute atomic E-state index is 0.0238. The lowest BCUT2D eigenvalue weighted by molar-refractivity contribution is -0.137. The summed E-state index contributed by atoms with van der Waals surface area (Å²) in [6.07, 6.45) is -2.73. The fourth-order valence-corrected chi connectivity index (χ4v) is 2.30. The molecule has 0 bridgehead atoms. The molecule has 21 heavy (non-hydrogen) atoms. The molecule has 2 rings (SSSR count). The molecule has 0 fully saturated rings. The third kappa shape index (κ3) is 3.18. The summed E-state index contributed by atoms with van der Waals surface area (Å²) in [7, 11) is -2.52. The number of aromatic nitrogens is 1. The number of aryl methyl sites for hydroxylation is 1. The molecule has 0 amide bonds. The molecule has 0 aliphatic carbocycles. The van der Waals surface area contributed by atoms with Crippen molar-refractivity contribution in [1.29, 1.82) is 0 Å². The van der Waals surface area contributed by atoms with Crippen molar-refractivity contribution >= 4 is 21.0 Å². The molecular formula is C12H10F3NO4S. The van der Waals surface area contributed by atoms with Crippen LogP contribution >= 0.6 is 0 Å². The predicted molar refractivity (Wildman–Crippen MR) is 69.7 cm³/mol. The number of hydrogen-bond donors (Lipinski definition) is 0. The Morgan fingerprint density at radius 2 is 1.86 bits per heavy atom. The number of hydrogen-bond acceptors (Lipinski definition) is 4. The number of benzene rings is 1. The molecule has 0 atom stereocenters. The third-order valence-corrected chi connectivity index (χ3v) is 3.21. The van der Waals surface area contributed by atoms with Gasteiger partial charge in [0.1, 0.15) is 0 Å². The maximum atomic E-state index is 12.7. The highest BCUT2D eigenvalue weighted by molar-refractivity contribution is 7.86. The fraction of sp³-hybridized carbons (Fsp3) is 0.250. The number of nitrogens with zero attached hydrogens (tertiary/aromatic N) is 1. The summed E-state index contributed by atoms with van der Waals surface area (Å²) in [6.45, 7) is 0. The lowest BCUT2D eigenvalue weighted by Crippen LogP contribution is -2.16. The second-order valence-corrected chi connectivity index (χ2v) is 6.03. The monoisotopic (exact) mass is 321 g/mol. The summed E-state index contributed by atoms with van der Waals surface area (Å²) in [5.74, 6) is -0.466. The van der Waals surface area contributed by atoms with Gasteiger partial charge in [-0.3, -0.25) is 4.79 Å². The molecule has 0 aliphatic heterocycles. The van der Waals surface area contributed by atoms with Gasteiger partial charge in [0, 0.05) is 12.4 Å². The van der Waals surface area contributed by atoms with Crippen LogP contribution in [0, 0.1) is 0 Å². The Morgan fingerprint density at radius 3 is 2.38 bits per heavy atom. The summed E-state index contributed by atoms with van der Waals surface area (Å²) in [4.78, 5) is 12.0. The first-order valence-electron chi connectivity index (χ1n) is 5.59. The lowest BCUT2D eigenvalue weighted by atomic mass is 10.1. The van der Waals surface area contributed by atoms with Crippen molar-refractivity contribution in [3.8, 4) is 5.75 Å². The molecule has 5 nitrogen and oxygen atoms in total. The molecule has 2 aromatic rings. The Kier molecular flexibility index (Phi) is 3.48. The number of fused-ring (bicyclic) bond motifs is 1. The van der Waals surface area contributed by atoms with Crippen LogP contribution < -0.4 is 9.61 Å². The molecule has 0 N–H and O–H groups in total. The number of alkyl halides is 3. The van der Waals surface area contributed by atoms with Crippen LogP contribution in [0.25, 0.3) is 10.9 Å². The van der Waals surface area contributed by atoms with Gasteiger partial charge >= 0.3 is 16.3 Å². The highest BCUT2D eigenvalue weighted by Gasteiger charge is 2.31. The van der Waals surface area contributed by atoms with E-state index in [2.05, 4.69) is 4.18 Å². The SMILES string of the molecule is Cn1cc(OS(C)(=O)=O)c(=O)c2ccc(C(F)(F)F)cc21. The van der Waals surface area contributed by atoms with Crippen LogP contribution in [0.2, 0.25) is 0 Å². The van der Waals surface area contributed by atoms with Crippen molar-refractivity contribution in [2.24, 2.45) is 7.05 Å². The summed E-state index contributed by atoms with van der Waals surface area (Å²) in [5.41, 5.74) is -1.67. The summed E-state index contributed by atoms with van der Waals surface area (Å²) < 4.78 is 65.8. The van der Waals surface area contributed by atoms with E-state index in [-0.39, 0.29) is 10.9 Å². The average molecular weight is 321 g/mol. The summed E-state index contributed by atoms with van der Waals surface area (Å²) in [6, 6.07) is 2.57. The number of pyridine rings is 1. The van der Waals surface area contributed by atoms with Gasteiger partial charge in [-0.2, -0.15) is 21.6 Å². The maximum absolute atomic E-state index is 12.7. The largest absolute Gasteiger partial charge is 0.416 e. The van der Waals surface area contributed by atoms with Gasteiger partial charge in [0.2, 0.25) is 11.2 Å². The first-order chi connectivity index (χ1) is 9.49. The van der Waals surface area contributed by atoms with E-state index in [1.165, 1.54) is 11.6 Å². The van der Waals surface area contributed by atoms with Gasteiger partial charge in [0.15, 0.2) is 0 Å². The number of rotatable bonds is 2. The minimum atomic E-state index is -4.54. The smallest absolute Gasteiger partial charge is 0.377 e. The first-order valence-corrected chi connectivity index (χ1v) is 7.41. The Morgan fingerprint density at radius 1 is 1.24 bits per heavy atom. The summed E-state index contributed by atoms with van der Waals surface area (Å²) in [5, 5.41) is -0.0633. The van der Waals surface area contributed by atoms with Gasteiger partial charge in [0.05, 0.1) is 23.5 Å². The lowest BCUT2D eigenvalue weighted by Gasteiger charge is -2.12. The predicted octanol–water partition coefficient (Wildman–Crippen LogP) is 1.90. The zero-order valence-electron chi connectivity index (χ0n) is 10.9. The van der Waals surface area contributed by atoms with E-state index in [0.29, 0.717) is 0 Å². The van der Waals surface area contributed by atoms with Crippen LogP contribution in [-0.4, -0.2) is 19.2 Å². The Hall–Kier alpha value is -2.03. The van der Waals surface area contributed by atoms with E-state index >= 15 is 0 Å². The van der Waals surface area contributed by atoms with Crippen molar-refractivity contribution < 1.29 is 25.8 Å². The quantitative estimate of drug-likeness (QED) is 0.793. The average Bonchev–Trinajstić information content (AvgIpc) is 2.32. The molecule has 0 saturated carbocycles. The zero-order valence-corrected chi connectivity index (χ0v) is 11.7. The Bertz CT molecular complexity index is 868. The first kappa shape index (κ1) is 15.4. The summed E-state index contributed by atoms with van der Waals surface area (Å²) >= 11 is 0. The van der Waals surface area contributed by atoms with Crippen LogP contribution in [0.4, 0.5) is 13.2 Å². The molecule has 1 aromatic heterocycles. The molecule has 1 heterocycles. The Balaban J connectivity index is 2.73. The topological polar surface area (TPSA) is 65.4 Å². The molecule has 0 radical (unpaired) electrons. The van der Waals surface area contributed by atoms with Crippen molar-refractivity contribution in [2.75, 3.05) is 6.26 Å². The number of halogens is 3. The van der Waals surface area contributed by atoms with E-state index in [9.17, 15) is 26.4 Å². The van der Waals surface area contributed by atoms with Gasteiger partial charge in [-0.15, -0.1) is 0 Å².